The number of hydrogen-bond acceptors (Lipinski definition) is 6. The molecule has 0 unspecified atom stereocenters. The van der Waals surface area contributed by atoms with Gasteiger partial charge in [-0.3, -0.25) is 0 Å². The van der Waals surface area contributed by atoms with Crippen molar-refractivity contribution >= 4 is 27.4 Å². The lowest BCUT2D eigenvalue weighted by Crippen LogP contribution is -2.08. The van der Waals surface area contributed by atoms with Crippen molar-refractivity contribution < 1.29 is 9.47 Å². The van der Waals surface area contributed by atoms with Crippen LogP contribution in [-0.2, 0) is 22.3 Å². The van der Waals surface area contributed by atoms with E-state index in [1.54, 1.807) is 18.4 Å². The largest absolute Gasteiger partial charge is 0.382 e. The van der Waals surface area contributed by atoms with Gasteiger partial charge >= 0.3 is 0 Å². The molecule has 0 amide bonds. The summed E-state index contributed by atoms with van der Waals surface area (Å²) >= 11 is 1.75. The Labute approximate surface area is 129 Å². The normalized spacial score (nSPS) is 11.2. The number of hydrogen-bond donors (Lipinski definition) is 1. The summed E-state index contributed by atoms with van der Waals surface area (Å²) < 4.78 is 10.4. The Bertz CT molecular complexity index is 571. The summed E-state index contributed by atoms with van der Waals surface area (Å²) in [6, 6.07) is 2.19. The minimum absolute atomic E-state index is 0.609. The second-order valence-electron chi connectivity index (χ2n) is 4.66. The third kappa shape index (κ3) is 4.36. The number of nitrogens with one attached hydrogen (secondary N) is 1. The number of ether oxygens (including phenoxy) is 2. The number of anilines is 1. The molecule has 1 N–H and O–H groups in total. The van der Waals surface area contributed by atoms with Crippen LogP contribution in [0.4, 0.5) is 5.82 Å². The van der Waals surface area contributed by atoms with E-state index in [0.29, 0.717) is 19.8 Å². The summed E-state index contributed by atoms with van der Waals surface area (Å²) in [7, 11) is 1.67. The summed E-state index contributed by atoms with van der Waals surface area (Å²) in [6.07, 6.45) is 1.75. The van der Waals surface area contributed by atoms with Gasteiger partial charge in [-0.1, -0.05) is 6.92 Å². The van der Waals surface area contributed by atoms with Crippen LogP contribution in [0.3, 0.4) is 0 Å². The predicted octanol–water partition coefficient (Wildman–Crippen LogP) is 2.89. The van der Waals surface area contributed by atoms with Crippen LogP contribution in [0.5, 0.6) is 0 Å². The number of aromatic nitrogens is 2. The molecule has 0 spiro atoms. The molecule has 0 saturated carbocycles. The topological polar surface area (TPSA) is 56.3 Å². The van der Waals surface area contributed by atoms with E-state index >= 15 is 0 Å². The van der Waals surface area contributed by atoms with Crippen LogP contribution in [-0.4, -0.2) is 43.4 Å². The maximum Gasteiger partial charge on any atom is 0.138 e. The van der Waals surface area contributed by atoms with E-state index in [1.807, 2.05) is 0 Å². The zero-order valence-corrected chi connectivity index (χ0v) is 13.8. The van der Waals surface area contributed by atoms with Crippen LogP contribution in [0.15, 0.2) is 6.07 Å². The van der Waals surface area contributed by atoms with E-state index in [0.717, 1.165) is 41.2 Å². The molecule has 0 aromatic carbocycles. The van der Waals surface area contributed by atoms with Gasteiger partial charge in [-0.05, 0) is 19.4 Å². The number of aryl methyl sites for hydroxylation is 1. The van der Waals surface area contributed by atoms with Gasteiger partial charge in [0.25, 0.3) is 0 Å². The van der Waals surface area contributed by atoms with Crippen molar-refractivity contribution in [3.63, 3.8) is 0 Å². The SMILES string of the molecule is CCNc1nc(CCOCCOC)nc2sc(CC)cc12. The highest BCUT2D eigenvalue weighted by Gasteiger charge is 2.10. The smallest absolute Gasteiger partial charge is 0.138 e. The molecule has 0 saturated heterocycles. The van der Waals surface area contributed by atoms with Gasteiger partial charge in [-0.25, -0.2) is 9.97 Å². The fraction of sp³-hybridized carbons (Fsp3) is 0.600. The quantitative estimate of drug-likeness (QED) is 0.722. The Hall–Kier alpha value is -1.24. The zero-order chi connectivity index (χ0) is 15.1. The first-order valence-electron chi connectivity index (χ1n) is 7.38. The fourth-order valence-corrected chi connectivity index (χ4v) is 3.00. The third-order valence-electron chi connectivity index (χ3n) is 3.08. The fourth-order valence-electron chi connectivity index (χ4n) is 2.01. The lowest BCUT2D eigenvalue weighted by atomic mass is 10.3. The van der Waals surface area contributed by atoms with Gasteiger partial charge in [-0.15, -0.1) is 11.3 Å². The van der Waals surface area contributed by atoms with Crippen LogP contribution in [0, 0.1) is 0 Å². The van der Waals surface area contributed by atoms with E-state index in [1.165, 1.54) is 4.88 Å². The number of thiophene rings is 1. The number of rotatable bonds is 9. The Morgan fingerprint density at radius 1 is 1.19 bits per heavy atom. The standard InChI is InChI=1S/C15H23N3O2S/c1-4-11-10-12-14(16-5-2)17-13(18-15(12)21-11)6-7-20-9-8-19-3/h10H,4-9H2,1-3H3,(H,16,17,18). The number of fused-ring (bicyclic) bond motifs is 1. The molecule has 5 nitrogen and oxygen atoms in total. The molecule has 2 rings (SSSR count). The molecule has 0 fully saturated rings. The molecule has 2 aromatic rings. The molecule has 0 aliphatic carbocycles. The van der Waals surface area contributed by atoms with Crippen molar-refractivity contribution in [1.29, 1.82) is 0 Å². The minimum Gasteiger partial charge on any atom is -0.382 e. The molecular formula is C15H23N3O2S. The van der Waals surface area contributed by atoms with E-state index in [2.05, 4.69) is 35.2 Å². The average Bonchev–Trinajstić information content (AvgIpc) is 2.91. The lowest BCUT2D eigenvalue weighted by Gasteiger charge is -2.07. The van der Waals surface area contributed by atoms with Crippen LogP contribution in [0.2, 0.25) is 0 Å². The molecule has 6 heteroatoms. The summed E-state index contributed by atoms with van der Waals surface area (Å²) in [5.74, 6) is 1.77. The highest BCUT2D eigenvalue weighted by atomic mass is 32.1. The number of methoxy groups -OCH3 is 1. The highest BCUT2D eigenvalue weighted by Crippen LogP contribution is 2.29. The van der Waals surface area contributed by atoms with Crippen LogP contribution < -0.4 is 5.32 Å². The summed E-state index contributed by atoms with van der Waals surface area (Å²) in [5.41, 5.74) is 0. The van der Waals surface area contributed by atoms with E-state index in [-0.39, 0.29) is 0 Å². The first-order chi connectivity index (χ1) is 10.3. The van der Waals surface area contributed by atoms with Crippen molar-refractivity contribution in [3.05, 3.63) is 16.8 Å². The maximum absolute atomic E-state index is 5.49. The average molecular weight is 309 g/mol. The molecule has 21 heavy (non-hydrogen) atoms. The van der Waals surface area contributed by atoms with E-state index in [4.69, 9.17) is 9.47 Å². The third-order valence-corrected chi connectivity index (χ3v) is 4.26. The van der Waals surface area contributed by atoms with Gasteiger partial charge in [0.05, 0.1) is 25.2 Å². The molecule has 0 radical (unpaired) electrons. The Balaban J connectivity index is 2.12. The van der Waals surface area contributed by atoms with Crippen molar-refractivity contribution in [1.82, 2.24) is 9.97 Å². The molecule has 116 valence electrons. The van der Waals surface area contributed by atoms with Gasteiger partial charge in [0.2, 0.25) is 0 Å². The Kier molecular flexibility index (Phi) is 6.35. The van der Waals surface area contributed by atoms with Crippen molar-refractivity contribution in [3.8, 4) is 0 Å². The van der Waals surface area contributed by atoms with Gasteiger partial charge in [0.1, 0.15) is 16.5 Å². The van der Waals surface area contributed by atoms with Gasteiger partial charge in [0.15, 0.2) is 0 Å². The molecule has 0 atom stereocenters. The summed E-state index contributed by atoms with van der Waals surface area (Å²) in [4.78, 5) is 11.7. The maximum atomic E-state index is 5.49. The molecule has 0 aliphatic heterocycles. The molecule has 0 aliphatic rings. The van der Waals surface area contributed by atoms with Crippen LogP contribution in [0.25, 0.3) is 10.2 Å². The molecule has 0 bridgehead atoms. The van der Waals surface area contributed by atoms with Gasteiger partial charge < -0.3 is 14.8 Å². The highest BCUT2D eigenvalue weighted by molar-refractivity contribution is 7.18. The van der Waals surface area contributed by atoms with Gasteiger partial charge in [0, 0.05) is 25.0 Å². The number of nitrogens with zero attached hydrogens (tertiary/aromatic N) is 2. The van der Waals surface area contributed by atoms with Crippen molar-refractivity contribution in [2.45, 2.75) is 26.7 Å². The zero-order valence-electron chi connectivity index (χ0n) is 12.9. The Morgan fingerprint density at radius 2 is 2.05 bits per heavy atom. The Morgan fingerprint density at radius 3 is 2.76 bits per heavy atom. The second kappa shape index (κ2) is 8.26. The monoisotopic (exact) mass is 309 g/mol. The van der Waals surface area contributed by atoms with Crippen molar-refractivity contribution in [2.24, 2.45) is 0 Å². The molecular weight excluding hydrogens is 286 g/mol. The van der Waals surface area contributed by atoms with E-state index < -0.39 is 0 Å². The predicted molar refractivity (Wildman–Crippen MR) is 87.4 cm³/mol. The second-order valence-corrected chi connectivity index (χ2v) is 5.77. The lowest BCUT2D eigenvalue weighted by molar-refractivity contribution is 0.0717. The molecule has 2 aromatic heterocycles. The summed E-state index contributed by atoms with van der Waals surface area (Å²) in [5, 5.41) is 4.46. The first-order valence-corrected chi connectivity index (χ1v) is 8.20. The van der Waals surface area contributed by atoms with E-state index in [9.17, 15) is 0 Å². The molecule has 2 heterocycles. The van der Waals surface area contributed by atoms with Crippen molar-refractivity contribution in [2.75, 3.05) is 38.8 Å². The van der Waals surface area contributed by atoms with Crippen LogP contribution >= 0.6 is 11.3 Å². The first kappa shape index (κ1) is 16.1. The summed E-state index contributed by atoms with van der Waals surface area (Å²) in [6.45, 7) is 6.94. The van der Waals surface area contributed by atoms with Crippen LogP contribution in [0.1, 0.15) is 24.5 Å². The minimum atomic E-state index is 0.609. The van der Waals surface area contributed by atoms with Gasteiger partial charge in [-0.2, -0.15) is 0 Å².